The highest BCUT2D eigenvalue weighted by Crippen LogP contribution is 2.37. The largest absolute Gasteiger partial charge is 0.416 e. The SMILES string of the molecule is NCCNC(=O)CN(c1cc(C(F)(F)F)ccc1Cl)S(=O)(=O)c1ccccc1. The summed E-state index contributed by atoms with van der Waals surface area (Å²) in [5.41, 5.74) is 3.74. The van der Waals surface area contributed by atoms with E-state index in [1.54, 1.807) is 6.07 Å². The standard InChI is InChI=1S/C17H17ClF3N3O3S/c18-14-7-6-12(17(19,20)21)10-15(14)24(11-16(25)23-9-8-22)28(26,27)13-4-2-1-3-5-13/h1-7,10H,8-9,11,22H2,(H,23,25). The van der Waals surface area contributed by atoms with Crippen molar-refractivity contribution in [1.82, 2.24) is 5.32 Å². The Morgan fingerprint density at radius 3 is 2.36 bits per heavy atom. The average Bonchev–Trinajstić information content (AvgIpc) is 2.64. The van der Waals surface area contributed by atoms with E-state index in [1.165, 1.54) is 24.3 Å². The summed E-state index contributed by atoms with van der Waals surface area (Å²) in [4.78, 5) is 11.9. The zero-order valence-electron chi connectivity index (χ0n) is 14.4. The molecule has 0 atom stereocenters. The smallest absolute Gasteiger partial charge is 0.353 e. The number of nitrogens with zero attached hydrogens (tertiary/aromatic N) is 1. The van der Waals surface area contributed by atoms with Gasteiger partial charge in [0.15, 0.2) is 0 Å². The Morgan fingerprint density at radius 1 is 1.14 bits per heavy atom. The molecule has 152 valence electrons. The first kappa shape index (κ1) is 22.0. The van der Waals surface area contributed by atoms with E-state index in [2.05, 4.69) is 5.32 Å². The van der Waals surface area contributed by atoms with Crippen LogP contribution in [0.5, 0.6) is 0 Å². The van der Waals surface area contributed by atoms with Crippen molar-refractivity contribution in [2.75, 3.05) is 23.9 Å². The monoisotopic (exact) mass is 435 g/mol. The van der Waals surface area contributed by atoms with Crippen molar-refractivity contribution in [3.8, 4) is 0 Å². The lowest BCUT2D eigenvalue weighted by molar-refractivity contribution is -0.137. The van der Waals surface area contributed by atoms with Crippen molar-refractivity contribution < 1.29 is 26.4 Å². The van der Waals surface area contributed by atoms with Crippen molar-refractivity contribution in [3.63, 3.8) is 0 Å². The summed E-state index contributed by atoms with van der Waals surface area (Å²) in [6, 6.07) is 9.27. The topological polar surface area (TPSA) is 92.5 Å². The van der Waals surface area contributed by atoms with Gasteiger partial charge in [-0.05, 0) is 30.3 Å². The Labute approximate surface area is 165 Å². The van der Waals surface area contributed by atoms with Gasteiger partial charge in [-0.1, -0.05) is 29.8 Å². The van der Waals surface area contributed by atoms with Crippen LogP contribution in [-0.4, -0.2) is 34.0 Å². The van der Waals surface area contributed by atoms with Crippen LogP contribution in [0.2, 0.25) is 5.02 Å². The van der Waals surface area contributed by atoms with Gasteiger partial charge in [0.1, 0.15) is 6.54 Å². The summed E-state index contributed by atoms with van der Waals surface area (Å²) >= 11 is 6.00. The minimum atomic E-state index is -4.72. The van der Waals surface area contributed by atoms with Gasteiger partial charge in [-0.25, -0.2) is 8.42 Å². The van der Waals surface area contributed by atoms with Crippen molar-refractivity contribution in [1.29, 1.82) is 0 Å². The number of amides is 1. The van der Waals surface area contributed by atoms with E-state index in [9.17, 15) is 26.4 Å². The van der Waals surface area contributed by atoms with Crippen molar-refractivity contribution in [3.05, 3.63) is 59.1 Å². The normalized spacial score (nSPS) is 11.9. The molecule has 1 amide bonds. The molecule has 0 radical (unpaired) electrons. The quantitative estimate of drug-likeness (QED) is 0.699. The van der Waals surface area contributed by atoms with Crippen LogP contribution in [0.3, 0.4) is 0 Å². The Hall–Kier alpha value is -2.30. The predicted molar refractivity (Wildman–Crippen MR) is 99.5 cm³/mol. The molecule has 28 heavy (non-hydrogen) atoms. The molecule has 0 spiro atoms. The molecule has 0 unspecified atom stereocenters. The van der Waals surface area contributed by atoms with Crippen molar-refractivity contribution in [2.24, 2.45) is 5.73 Å². The molecule has 0 aliphatic rings. The van der Waals surface area contributed by atoms with E-state index in [0.29, 0.717) is 10.4 Å². The van der Waals surface area contributed by atoms with E-state index in [-0.39, 0.29) is 23.0 Å². The fraction of sp³-hybridized carbons (Fsp3) is 0.235. The summed E-state index contributed by atoms with van der Waals surface area (Å²) < 4.78 is 65.9. The first-order valence-electron chi connectivity index (χ1n) is 7.98. The second kappa shape index (κ2) is 8.80. The molecule has 0 saturated carbocycles. The first-order valence-corrected chi connectivity index (χ1v) is 9.80. The molecule has 6 nitrogen and oxygen atoms in total. The van der Waals surface area contributed by atoms with E-state index in [4.69, 9.17) is 17.3 Å². The van der Waals surface area contributed by atoms with Gasteiger partial charge in [0.05, 0.1) is 21.2 Å². The number of sulfonamides is 1. The zero-order valence-corrected chi connectivity index (χ0v) is 16.0. The van der Waals surface area contributed by atoms with Gasteiger partial charge in [0.2, 0.25) is 5.91 Å². The van der Waals surface area contributed by atoms with Gasteiger partial charge >= 0.3 is 6.18 Å². The fourth-order valence-corrected chi connectivity index (χ4v) is 4.02. The van der Waals surface area contributed by atoms with Crippen LogP contribution < -0.4 is 15.4 Å². The number of nitrogens with one attached hydrogen (secondary N) is 1. The van der Waals surface area contributed by atoms with Crippen LogP contribution in [-0.2, 0) is 21.0 Å². The maximum absolute atomic E-state index is 13.1. The number of carbonyl (C=O) groups is 1. The number of anilines is 1. The van der Waals surface area contributed by atoms with Crippen molar-refractivity contribution in [2.45, 2.75) is 11.1 Å². The predicted octanol–water partition coefficient (Wildman–Crippen LogP) is 2.63. The Kier molecular flexibility index (Phi) is 6.91. The maximum Gasteiger partial charge on any atom is 0.416 e. The van der Waals surface area contributed by atoms with E-state index >= 15 is 0 Å². The number of hydrogen-bond acceptors (Lipinski definition) is 4. The molecule has 0 aromatic heterocycles. The zero-order chi connectivity index (χ0) is 20.9. The van der Waals surface area contributed by atoms with Gasteiger partial charge in [0.25, 0.3) is 10.0 Å². The maximum atomic E-state index is 13.1. The highest BCUT2D eigenvalue weighted by Gasteiger charge is 2.34. The van der Waals surface area contributed by atoms with Crippen LogP contribution in [0.15, 0.2) is 53.4 Å². The highest BCUT2D eigenvalue weighted by molar-refractivity contribution is 7.92. The Morgan fingerprint density at radius 2 is 1.79 bits per heavy atom. The summed E-state index contributed by atoms with van der Waals surface area (Å²) in [7, 11) is -4.37. The number of nitrogens with two attached hydrogens (primary N) is 1. The molecule has 0 aliphatic heterocycles. The van der Waals surface area contributed by atoms with Gasteiger partial charge in [-0.15, -0.1) is 0 Å². The van der Waals surface area contributed by atoms with E-state index < -0.39 is 39.9 Å². The Bertz CT molecular complexity index is 938. The fourth-order valence-electron chi connectivity index (χ4n) is 2.30. The van der Waals surface area contributed by atoms with Gasteiger partial charge in [0, 0.05) is 13.1 Å². The first-order chi connectivity index (χ1) is 13.1. The molecular formula is C17H17ClF3N3O3S. The van der Waals surface area contributed by atoms with Gasteiger partial charge in [-0.2, -0.15) is 13.2 Å². The van der Waals surface area contributed by atoms with Crippen LogP contribution >= 0.6 is 11.6 Å². The second-order valence-corrected chi connectivity index (χ2v) is 7.90. The third kappa shape index (κ3) is 5.15. The van der Waals surface area contributed by atoms with E-state index in [1.807, 2.05) is 0 Å². The Balaban J connectivity index is 2.58. The summed E-state index contributed by atoms with van der Waals surface area (Å²) in [5.74, 6) is -0.738. The molecule has 0 saturated heterocycles. The molecular weight excluding hydrogens is 419 g/mol. The third-order valence-corrected chi connectivity index (χ3v) is 5.72. The second-order valence-electron chi connectivity index (χ2n) is 5.63. The third-order valence-electron chi connectivity index (χ3n) is 3.63. The molecule has 0 bridgehead atoms. The minimum Gasteiger partial charge on any atom is -0.353 e. The van der Waals surface area contributed by atoms with Gasteiger partial charge < -0.3 is 11.1 Å². The molecule has 3 N–H and O–H groups in total. The van der Waals surface area contributed by atoms with Crippen LogP contribution in [0, 0.1) is 0 Å². The van der Waals surface area contributed by atoms with Crippen LogP contribution in [0.1, 0.15) is 5.56 Å². The molecule has 0 aliphatic carbocycles. The number of rotatable bonds is 7. The molecule has 2 aromatic rings. The van der Waals surface area contributed by atoms with Crippen molar-refractivity contribution >= 4 is 33.2 Å². The summed E-state index contributed by atoms with van der Waals surface area (Å²) in [6.07, 6.45) is -4.72. The summed E-state index contributed by atoms with van der Waals surface area (Å²) in [5, 5.41) is 2.13. The number of halogens is 4. The molecule has 2 aromatic carbocycles. The molecule has 0 heterocycles. The van der Waals surface area contributed by atoms with Gasteiger partial charge in [-0.3, -0.25) is 9.10 Å². The van der Waals surface area contributed by atoms with Crippen LogP contribution in [0.4, 0.5) is 18.9 Å². The molecule has 0 fully saturated rings. The van der Waals surface area contributed by atoms with Crippen LogP contribution in [0.25, 0.3) is 0 Å². The lowest BCUT2D eigenvalue weighted by Gasteiger charge is -2.25. The molecule has 11 heteroatoms. The lowest BCUT2D eigenvalue weighted by atomic mass is 10.2. The number of alkyl halides is 3. The minimum absolute atomic E-state index is 0.0778. The highest BCUT2D eigenvalue weighted by atomic mass is 35.5. The number of carbonyl (C=O) groups excluding carboxylic acids is 1. The number of hydrogen-bond donors (Lipinski definition) is 2. The van der Waals surface area contributed by atoms with E-state index in [0.717, 1.165) is 12.1 Å². The average molecular weight is 436 g/mol. The molecule has 2 rings (SSSR count). The number of benzene rings is 2. The summed E-state index contributed by atoms with van der Waals surface area (Å²) in [6.45, 7) is -0.575. The lowest BCUT2D eigenvalue weighted by Crippen LogP contribution is -2.42.